The molecule has 0 aromatic carbocycles. The van der Waals surface area contributed by atoms with Crippen LogP contribution in [0.25, 0.3) is 5.82 Å². The van der Waals surface area contributed by atoms with Gasteiger partial charge in [0.05, 0.1) is 43.5 Å². The van der Waals surface area contributed by atoms with Crippen LogP contribution in [0.1, 0.15) is 12.1 Å². The number of ether oxygens (including phenoxy) is 2. The monoisotopic (exact) mass is 415 g/mol. The van der Waals surface area contributed by atoms with E-state index in [9.17, 15) is 8.78 Å². The lowest BCUT2D eigenvalue weighted by molar-refractivity contribution is 0.0211. The van der Waals surface area contributed by atoms with E-state index in [4.69, 9.17) is 9.47 Å². The fourth-order valence-electron chi connectivity index (χ4n) is 3.73. The molecule has 0 amide bonds. The average molecular weight is 415 g/mol. The predicted octanol–water partition coefficient (Wildman–Crippen LogP) is 2.72. The van der Waals surface area contributed by atoms with Crippen molar-refractivity contribution in [3.8, 4) is 17.3 Å². The molecule has 5 heterocycles. The van der Waals surface area contributed by atoms with Crippen molar-refractivity contribution in [1.29, 1.82) is 0 Å². The number of aryl methyl sites for hydroxylation is 1. The van der Waals surface area contributed by atoms with Gasteiger partial charge in [-0.3, -0.25) is 4.57 Å². The molecule has 0 unspecified atom stereocenters. The first-order chi connectivity index (χ1) is 14.4. The summed E-state index contributed by atoms with van der Waals surface area (Å²) >= 11 is 0. The van der Waals surface area contributed by atoms with Gasteiger partial charge in [-0.15, -0.1) is 0 Å². The fraction of sp³-hybridized carbons (Fsp3) is 0.368. The zero-order chi connectivity index (χ0) is 20.9. The van der Waals surface area contributed by atoms with E-state index in [-0.39, 0.29) is 25.5 Å². The van der Waals surface area contributed by atoms with E-state index in [0.717, 1.165) is 5.69 Å². The SMILES string of the molecule is COc1cc(Nc2ncc3c(n2)N2CC(F)(F)C[C@H]2CO3)cnc1-n1cnc(C)c1. The molecule has 11 heteroatoms. The first kappa shape index (κ1) is 18.5. The van der Waals surface area contributed by atoms with Gasteiger partial charge in [0.25, 0.3) is 5.92 Å². The number of anilines is 3. The van der Waals surface area contributed by atoms with Gasteiger partial charge in [0, 0.05) is 18.7 Å². The van der Waals surface area contributed by atoms with Crippen LogP contribution in [-0.4, -0.2) is 56.7 Å². The Morgan fingerprint density at radius 1 is 1.23 bits per heavy atom. The highest BCUT2D eigenvalue weighted by Gasteiger charge is 2.48. The summed E-state index contributed by atoms with van der Waals surface area (Å²) in [5.74, 6) is -0.623. The van der Waals surface area contributed by atoms with Gasteiger partial charge in [0.15, 0.2) is 23.1 Å². The molecule has 30 heavy (non-hydrogen) atoms. The van der Waals surface area contributed by atoms with Gasteiger partial charge in [-0.2, -0.15) is 4.98 Å². The zero-order valence-electron chi connectivity index (χ0n) is 16.3. The summed E-state index contributed by atoms with van der Waals surface area (Å²) in [6, 6.07) is 1.36. The Hall–Kier alpha value is -3.50. The summed E-state index contributed by atoms with van der Waals surface area (Å²) < 4.78 is 40.5. The lowest BCUT2D eigenvalue weighted by Gasteiger charge is -2.31. The maximum absolute atomic E-state index is 13.9. The highest BCUT2D eigenvalue weighted by Crippen LogP contribution is 2.41. The highest BCUT2D eigenvalue weighted by atomic mass is 19.3. The Balaban J connectivity index is 1.42. The molecule has 0 bridgehead atoms. The quantitative estimate of drug-likeness (QED) is 0.696. The van der Waals surface area contributed by atoms with Gasteiger partial charge in [-0.25, -0.2) is 23.7 Å². The minimum Gasteiger partial charge on any atom is -0.493 e. The van der Waals surface area contributed by atoms with Crippen molar-refractivity contribution in [2.45, 2.75) is 25.3 Å². The minimum absolute atomic E-state index is 0.203. The lowest BCUT2D eigenvalue weighted by atomic mass is 10.2. The second-order valence-corrected chi connectivity index (χ2v) is 7.33. The molecule has 1 atom stereocenters. The summed E-state index contributed by atoms with van der Waals surface area (Å²) in [7, 11) is 1.55. The highest BCUT2D eigenvalue weighted by molar-refractivity contribution is 5.62. The van der Waals surface area contributed by atoms with E-state index < -0.39 is 12.0 Å². The topological polar surface area (TPSA) is 90.2 Å². The summed E-state index contributed by atoms with van der Waals surface area (Å²) in [5.41, 5.74) is 1.45. The molecule has 0 aliphatic carbocycles. The van der Waals surface area contributed by atoms with E-state index in [1.807, 2.05) is 13.1 Å². The number of halogens is 2. The number of imidazole rings is 1. The molecule has 5 rings (SSSR count). The summed E-state index contributed by atoms with van der Waals surface area (Å²) in [4.78, 5) is 18.9. The predicted molar refractivity (Wildman–Crippen MR) is 104 cm³/mol. The number of nitrogens with zero attached hydrogens (tertiary/aromatic N) is 6. The molecular formula is C19H19F2N7O2. The number of methoxy groups -OCH3 is 1. The van der Waals surface area contributed by atoms with Crippen LogP contribution in [0.15, 0.2) is 31.0 Å². The molecule has 2 aliphatic rings. The van der Waals surface area contributed by atoms with Crippen molar-refractivity contribution in [2.24, 2.45) is 0 Å². The van der Waals surface area contributed by atoms with Crippen molar-refractivity contribution in [1.82, 2.24) is 24.5 Å². The third-order valence-corrected chi connectivity index (χ3v) is 5.08. The van der Waals surface area contributed by atoms with Gasteiger partial charge in [-0.05, 0) is 6.92 Å². The smallest absolute Gasteiger partial charge is 0.267 e. The molecule has 3 aromatic rings. The number of alkyl halides is 2. The number of nitrogens with one attached hydrogen (secondary N) is 1. The lowest BCUT2D eigenvalue weighted by Crippen LogP contribution is -2.39. The second kappa shape index (κ2) is 6.78. The fourth-order valence-corrected chi connectivity index (χ4v) is 3.73. The normalized spacial score (nSPS) is 19.1. The van der Waals surface area contributed by atoms with Gasteiger partial charge in [-0.1, -0.05) is 0 Å². The summed E-state index contributed by atoms with van der Waals surface area (Å²) in [6.45, 7) is 1.71. The standard InChI is InChI=1S/C19H19F2N7O2/c1-11-7-27(10-24-11)16-14(29-2)3-12(5-22-16)25-18-23-6-15-17(26-18)28-9-19(20,21)4-13(28)8-30-15/h3,5-7,10,13H,4,8-9H2,1-2H3,(H,23,25,26)/t13-/m0/s1. The number of rotatable bonds is 4. The Morgan fingerprint density at radius 3 is 2.87 bits per heavy atom. The van der Waals surface area contributed by atoms with E-state index in [2.05, 4.69) is 25.3 Å². The molecule has 1 fully saturated rings. The van der Waals surface area contributed by atoms with Crippen LogP contribution in [-0.2, 0) is 0 Å². The van der Waals surface area contributed by atoms with Crippen LogP contribution in [0.2, 0.25) is 0 Å². The number of hydrogen-bond donors (Lipinski definition) is 1. The molecule has 3 aromatic heterocycles. The number of aromatic nitrogens is 5. The minimum atomic E-state index is -2.76. The first-order valence-electron chi connectivity index (χ1n) is 9.38. The molecule has 156 valence electrons. The maximum Gasteiger partial charge on any atom is 0.267 e. The maximum atomic E-state index is 13.9. The van der Waals surface area contributed by atoms with Gasteiger partial charge in [0.1, 0.15) is 12.9 Å². The van der Waals surface area contributed by atoms with Crippen LogP contribution in [0.5, 0.6) is 11.5 Å². The Morgan fingerprint density at radius 2 is 2.10 bits per heavy atom. The number of fused-ring (bicyclic) bond motifs is 3. The first-order valence-corrected chi connectivity index (χ1v) is 9.38. The van der Waals surface area contributed by atoms with Crippen LogP contribution in [0, 0.1) is 6.92 Å². The Kier molecular flexibility index (Phi) is 4.19. The van der Waals surface area contributed by atoms with Gasteiger partial charge in [0.2, 0.25) is 5.95 Å². The number of pyridine rings is 1. The Labute approximate surface area is 170 Å². The molecule has 1 N–H and O–H groups in total. The van der Waals surface area contributed by atoms with Crippen LogP contribution >= 0.6 is 0 Å². The van der Waals surface area contributed by atoms with Crippen molar-refractivity contribution in [3.05, 3.63) is 36.7 Å². The molecule has 1 saturated heterocycles. The van der Waals surface area contributed by atoms with Crippen molar-refractivity contribution < 1.29 is 18.3 Å². The van der Waals surface area contributed by atoms with Crippen molar-refractivity contribution >= 4 is 17.5 Å². The van der Waals surface area contributed by atoms with Crippen molar-refractivity contribution in [2.75, 3.05) is 30.5 Å². The Bertz CT molecular complexity index is 1100. The largest absolute Gasteiger partial charge is 0.493 e. The van der Waals surface area contributed by atoms with Crippen LogP contribution in [0.4, 0.5) is 26.2 Å². The second-order valence-electron chi connectivity index (χ2n) is 7.33. The molecule has 2 aliphatic heterocycles. The molecule has 0 saturated carbocycles. The van der Waals surface area contributed by atoms with Crippen LogP contribution in [0.3, 0.4) is 0 Å². The van der Waals surface area contributed by atoms with E-state index >= 15 is 0 Å². The number of hydrogen-bond acceptors (Lipinski definition) is 8. The van der Waals surface area contributed by atoms with Gasteiger partial charge >= 0.3 is 0 Å². The third-order valence-electron chi connectivity index (χ3n) is 5.08. The van der Waals surface area contributed by atoms with E-state index in [1.165, 1.54) is 6.20 Å². The molecule has 0 spiro atoms. The summed E-state index contributed by atoms with van der Waals surface area (Å²) in [5, 5.41) is 3.05. The summed E-state index contributed by atoms with van der Waals surface area (Å²) in [6.07, 6.45) is 6.36. The third kappa shape index (κ3) is 3.25. The van der Waals surface area contributed by atoms with E-state index in [0.29, 0.717) is 28.8 Å². The van der Waals surface area contributed by atoms with Crippen molar-refractivity contribution in [3.63, 3.8) is 0 Å². The van der Waals surface area contributed by atoms with E-state index in [1.54, 1.807) is 35.2 Å². The van der Waals surface area contributed by atoms with Gasteiger partial charge < -0.3 is 19.7 Å². The average Bonchev–Trinajstić information content (AvgIpc) is 3.29. The zero-order valence-corrected chi connectivity index (χ0v) is 16.3. The molecule has 9 nitrogen and oxygen atoms in total. The molecular weight excluding hydrogens is 396 g/mol. The molecule has 0 radical (unpaired) electrons. The van der Waals surface area contributed by atoms with Crippen LogP contribution < -0.4 is 19.7 Å².